The van der Waals surface area contributed by atoms with Crippen LogP contribution in [0.4, 0.5) is 0 Å². The second kappa shape index (κ2) is 8.27. The fourth-order valence-corrected chi connectivity index (χ4v) is 7.79. The van der Waals surface area contributed by atoms with Crippen LogP contribution in [0.15, 0.2) is 47.4 Å². The van der Waals surface area contributed by atoms with Crippen molar-refractivity contribution in [3.63, 3.8) is 0 Å². The van der Waals surface area contributed by atoms with E-state index in [1.54, 1.807) is 32.0 Å². The fourth-order valence-electron chi connectivity index (χ4n) is 3.42. The molecule has 2 atom stereocenters. The van der Waals surface area contributed by atoms with Gasteiger partial charge in [-0.05, 0) is 44.4 Å². The summed E-state index contributed by atoms with van der Waals surface area (Å²) in [5.41, 5.74) is 0.184. The first-order chi connectivity index (χ1) is 12.7. The van der Waals surface area contributed by atoms with Crippen molar-refractivity contribution in [1.29, 1.82) is 0 Å². The molecule has 0 spiro atoms. The summed E-state index contributed by atoms with van der Waals surface area (Å²) in [6.07, 6.45) is -0.302. The van der Waals surface area contributed by atoms with Crippen molar-refractivity contribution in [2.45, 2.75) is 42.0 Å². The van der Waals surface area contributed by atoms with Gasteiger partial charge in [-0.25, -0.2) is 8.42 Å². The average Bonchev–Trinajstić information content (AvgIpc) is 3.02. The summed E-state index contributed by atoms with van der Waals surface area (Å²) in [5, 5.41) is -2.83. The second-order valence-electron chi connectivity index (χ2n) is 6.18. The Labute approximate surface area is 160 Å². The monoisotopic (exact) mass is 416 g/mol. The molecule has 0 amide bonds. The summed E-state index contributed by atoms with van der Waals surface area (Å²) in [7, 11) is -6.69. The lowest BCUT2D eigenvalue weighted by atomic mass is 10.0. The predicted molar refractivity (Wildman–Crippen MR) is 101 cm³/mol. The normalized spacial score (nSPS) is 23.4. The van der Waals surface area contributed by atoms with Crippen LogP contribution in [0.1, 0.15) is 26.7 Å². The lowest BCUT2D eigenvalue weighted by molar-refractivity contribution is -0.143. The van der Waals surface area contributed by atoms with Crippen LogP contribution < -0.4 is 0 Å². The first-order valence-electron chi connectivity index (χ1n) is 8.64. The number of benzene rings is 1. The van der Waals surface area contributed by atoms with Crippen molar-refractivity contribution >= 4 is 23.4 Å². The van der Waals surface area contributed by atoms with Crippen molar-refractivity contribution in [3.05, 3.63) is 42.5 Å². The Kier molecular flexibility index (Phi) is 6.68. The van der Waals surface area contributed by atoms with Gasteiger partial charge in [0, 0.05) is 0 Å². The zero-order chi connectivity index (χ0) is 20.3. The van der Waals surface area contributed by atoms with Gasteiger partial charge in [-0.1, -0.05) is 24.8 Å². The Morgan fingerprint density at radius 3 is 2.26 bits per heavy atom. The largest absolute Gasteiger partial charge is 0.468 e. The van der Waals surface area contributed by atoms with E-state index < -0.39 is 33.8 Å². The predicted octanol–water partition coefficient (Wildman–Crippen LogP) is 3.36. The zero-order valence-corrected chi connectivity index (χ0v) is 17.4. The van der Waals surface area contributed by atoms with Gasteiger partial charge in [-0.2, -0.15) is 0 Å². The number of esters is 1. The molecule has 0 aliphatic heterocycles. The van der Waals surface area contributed by atoms with Crippen molar-refractivity contribution in [2.24, 2.45) is 0 Å². The van der Waals surface area contributed by atoms with Crippen LogP contribution >= 0.6 is 7.60 Å². The van der Waals surface area contributed by atoms with Gasteiger partial charge < -0.3 is 13.8 Å². The van der Waals surface area contributed by atoms with Crippen LogP contribution in [-0.2, 0) is 33.0 Å². The van der Waals surface area contributed by atoms with E-state index in [0.717, 1.165) is 7.11 Å². The molecule has 1 saturated carbocycles. The first-order valence-corrected chi connectivity index (χ1v) is 11.7. The van der Waals surface area contributed by atoms with Crippen LogP contribution in [-0.4, -0.2) is 45.1 Å². The van der Waals surface area contributed by atoms with E-state index in [1.807, 2.05) is 0 Å². The molecule has 2 rings (SSSR count). The van der Waals surface area contributed by atoms with Crippen LogP contribution in [0.2, 0.25) is 0 Å². The van der Waals surface area contributed by atoms with Gasteiger partial charge in [0.05, 0.1) is 30.5 Å². The second-order valence-corrected chi connectivity index (χ2v) is 10.7. The molecule has 9 heteroatoms. The van der Waals surface area contributed by atoms with Crippen molar-refractivity contribution < 1.29 is 31.6 Å². The van der Waals surface area contributed by atoms with E-state index in [-0.39, 0.29) is 36.5 Å². The molecule has 0 aromatic heterocycles. The molecule has 0 heterocycles. The van der Waals surface area contributed by atoms with Crippen LogP contribution in [0, 0.1) is 0 Å². The van der Waals surface area contributed by atoms with Crippen LogP contribution in [0.5, 0.6) is 0 Å². The number of carbonyl (C=O) groups excluding carboxylic acids is 1. The summed E-state index contributed by atoms with van der Waals surface area (Å²) >= 11 is 0. The van der Waals surface area contributed by atoms with E-state index in [4.69, 9.17) is 13.8 Å². The van der Waals surface area contributed by atoms with Gasteiger partial charge in [0.25, 0.3) is 0 Å². The van der Waals surface area contributed by atoms with Gasteiger partial charge in [0.2, 0.25) is 0 Å². The van der Waals surface area contributed by atoms with Gasteiger partial charge in [-0.3, -0.25) is 9.36 Å². The number of carbonyl (C=O) groups is 1. The molecule has 150 valence electrons. The maximum Gasteiger partial charge on any atom is 0.352 e. The van der Waals surface area contributed by atoms with E-state index >= 15 is 0 Å². The van der Waals surface area contributed by atoms with Crippen LogP contribution in [0.25, 0.3) is 0 Å². The molecule has 1 fully saturated rings. The Balaban J connectivity index is 2.56. The Morgan fingerprint density at radius 1 is 1.22 bits per heavy atom. The Morgan fingerprint density at radius 2 is 1.78 bits per heavy atom. The van der Waals surface area contributed by atoms with Gasteiger partial charge in [0.1, 0.15) is 0 Å². The third-order valence-corrected chi connectivity index (χ3v) is 9.63. The number of ether oxygens (including phenoxy) is 1. The van der Waals surface area contributed by atoms with Gasteiger partial charge >= 0.3 is 13.6 Å². The minimum absolute atomic E-state index is 0.0272. The SMILES string of the molecule is C=C1CC(S(=O)(=O)c2ccccc2)CC1(C(=O)OC)P(=O)(OCC)OCC. The smallest absolute Gasteiger partial charge is 0.352 e. The summed E-state index contributed by atoms with van der Waals surface area (Å²) < 4.78 is 55.3. The number of rotatable bonds is 8. The number of methoxy groups -OCH3 is 1. The van der Waals surface area contributed by atoms with Gasteiger partial charge in [-0.15, -0.1) is 0 Å². The molecular formula is C18H25O7PS. The maximum atomic E-state index is 13.6. The Bertz CT molecular complexity index is 840. The summed E-state index contributed by atoms with van der Waals surface area (Å²) in [4.78, 5) is 12.9. The molecule has 7 nitrogen and oxygen atoms in total. The molecule has 1 aliphatic carbocycles. The molecule has 1 aliphatic rings. The quantitative estimate of drug-likeness (QED) is 0.364. The van der Waals surface area contributed by atoms with Crippen molar-refractivity contribution in [3.8, 4) is 0 Å². The molecule has 0 saturated heterocycles. The van der Waals surface area contributed by atoms with E-state index in [2.05, 4.69) is 6.58 Å². The van der Waals surface area contributed by atoms with Crippen molar-refractivity contribution in [1.82, 2.24) is 0 Å². The van der Waals surface area contributed by atoms with E-state index in [0.29, 0.717) is 0 Å². The highest BCUT2D eigenvalue weighted by Gasteiger charge is 2.65. The molecule has 2 unspecified atom stereocenters. The highest BCUT2D eigenvalue weighted by atomic mass is 32.2. The lowest BCUT2D eigenvalue weighted by Gasteiger charge is -2.34. The van der Waals surface area contributed by atoms with Gasteiger partial charge in [0.15, 0.2) is 15.0 Å². The third kappa shape index (κ3) is 3.63. The highest BCUT2D eigenvalue weighted by Crippen LogP contribution is 2.68. The summed E-state index contributed by atoms with van der Waals surface area (Å²) in [6.45, 7) is 7.16. The summed E-state index contributed by atoms with van der Waals surface area (Å²) in [6, 6.07) is 7.93. The van der Waals surface area contributed by atoms with Crippen molar-refractivity contribution in [2.75, 3.05) is 20.3 Å². The molecule has 0 N–H and O–H groups in total. The molecule has 27 heavy (non-hydrogen) atoms. The lowest BCUT2D eigenvalue weighted by Crippen LogP contribution is -2.41. The maximum absolute atomic E-state index is 13.6. The molecular weight excluding hydrogens is 391 g/mol. The van der Waals surface area contributed by atoms with E-state index in [9.17, 15) is 17.8 Å². The number of hydrogen-bond donors (Lipinski definition) is 0. The average molecular weight is 416 g/mol. The number of sulfone groups is 1. The fraction of sp³-hybridized carbons (Fsp3) is 0.500. The number of hydrogen-bond acceptors (Lipinski definition) is 7. The summed E-state index contributed by atoms with van der Waals surface area (Å²) in [5.74, 6) is -0.858. The minimum atomic E-state index is -4.06. The Hall–Kier alpha value is -1.47. The highest BCUT2D eigenvalue weighted by molar-refractivity contribution is 7.92. The topological polar surface area (TPSA) is 96.0 Å². The van der Waals surface area contributed by atoms with Crippen LogP contribution in [0.3, 0.4) is 0 Å². The third-order valence-electron chi connectivity index (χ3n) is 4.68. The molecule has 0 radical (unpaired) electrons. The molecule has 1 aromatic carbocycles. The minimum Gasteiger partial charge on any atom is -0.468 e. The zero-order valence-electron chi connectivity index (χ0n) is 15.7. The van der Waals surface area contributed by atoms with E-state index in [1.165, 1.54) is 12.1 Å². The molecule has 1 aromatic rings. The standard InChI is InChI=1S/C18H25O7PS/c1-5-24-26(20,25-6-2)18(17(19)23-4)13-16(12-14(18)3)27(21,22)15-10-8-7-9-11-15/h7-11,16H,3,5-6,12-13H2,1-2,4H3. The first kappa shape index (κ1) is 21.8. The molecule has 0 bridgehead atoms.